The number of nitrogens with one attached hydrogen (secondary N) is 2. The van der Waals surface area contributed by atoms with Crippen LogP contribution in [0.2, 0.25) is 0 Å². The molecule has 3 saturated heterocycles. The quantitative estimate of drug-likeness (QED) is 0.250. The fourth-order valence-corrected chi connectivity index (χ4v) is 6.00. The Bertz CT molecular complexity index is 1270. The number of allylic oxidation sites excluding steroid dienone is 4. The summed E-state index contributed by atoms with van der Waals surface area (Å²) in [4.78, 5) is 20.3. The molecule has 1 aromatic carbocycles. The van der Waals surface area contributed by atoms with Crippen molar-refractivity contribution in [2.45, 2.75) is 45.4 Å². The first-order chi connectivity index (χ1) is 18.0. The number of hydrogen-bond donors (Lipinski definition) is 2. The predicted molar refractivity (Wildman–Crippen MR) is 147 cm³/mol. The Balaban J connectivity index is 1.29. The van der Waals surface area contributed by atoms with Gasteiger partial charge in [0.1, 0.15) is 5.82 Å². The molecule has 192 valence electrons. The van der Waals surface area contributed by atoms with Crippen molar-refractivity contribution in [2.24, 2.45) is 11.8 Å². The molecule has 0 aliphatic carbocycles. The molecule has 0 saturated carbocycles. The average molecular weight is 499 g/mol. The molecule has 4 aliphatic heterocycles. The van der Waals surface area contributed by atoms with Crippen LogP contribution in [0.3, 0.4) is 0 Å². The smallest absolute Gasteiger partial charge is 0.166 e. The van der Waals surface area contributed by atoms with Crippen molar-refractivity contribution in [1.29, 1.82) is 5.41 Å². The fraction of sp³-hybridized carbons (Fsp3) is 0.387. The molecular weight excluding hydrogens is 463 g/mol. The summed E-state index contributed by atoms with van der Waals surface area (Å²) in [6, 6.07) is 8.83. The third-order valence-corrected chi connectivity index (χ3v) is 8.11. The highest BCUT2D eigenvalue weighted by Gasteiger charge is 2.33. The van der Waals surface area contributed by atoms with Crippen molar-refractivity contribution < 1.29 is 9.18 Å². The number of carbonyl (C=O) groups excluding carboxylic acids is 1. The summed E-state index contributed by atoms with van der Waals surface area (Å²) in [7, 11) is 0. The maximum absolute atomic E-state index is 13.9. The number of benzene rings is 1. The lowest BCUT2D eigenvalue weighted by Gasteiger charge is -2.45. The molecule has 6 rings (SSSR count). The topological polar surface area (TPSA) is 69.1 Å². The molecule has 1 unspecified atom stereocenters. The normalized spacial score (nSPS) is 23.8. The summed E-state index contributed by atoms with van der Waals surface area (Å²) >= 11 is 0. The molecule has 0 spiro atoms. The first-order valence-electron chi connectivity index (χ1n) is 13.4. The number of halogens is 1. The standard InChI is InChI=1S/C31H35FN4O/c1-21-17-24(8-9-28(21)32)31-26(6-4-13-35-31)23-10-14-34-29(18-23)27(19-33)30(37)7-3-2-5-25-20-36-15-11-22(25)12-16-36/h4,6,8-10,13-14,17-19,22,25,33-34H,2-3,5,7,11-12,15-16,20H2,1H3/b29-27+,33-19?. The van der Waals surface area contributed by atoms with Crippen LogP contribution in [0.25, 0.3) is 16.8 Å². The zero-order valence-electron chi connectivity index (χ0n) is 21.5. The monoisotopic (exact) mass is 498 g/mol. The molecular formula is C31H35FN4O. The summed E-state index contributed by atoms with van der Waals surface area (Å²) in [5.74, 6) is 1.41. The summed E-state index contributed by atoms with van der Waals surface area (Å²) in [6.45, 7) is 5.49. The summed E-state index contributed by atoms with van der Waals surface area (Å²) < 4.78 is 13.9. The lowest BCUT2D eigenvalue weighted by molar-refractivity contribution is -0.115. The number of aryl methyl sites for hydroxylation is 1. The molecule has 4 aliphatic rings. The number of rotatable bonds is 9. The van der Waals surface area contributed by atoms with Crippen molar-refractivity contribution in [3.8, 4) is 11.3 Å². The van der Waals surface area contributed by atoms with Gasteiger partial charge in [-0.25, -0.2) is 4.39 Å². The number of Topliss-reactive ketones (excluding diaryl/α,β-unsaturated/α-hetero) is 1. The van der Waals surface area contributed by atoms with Crippen molar-refractivity contribution in [3.05, 3.63) is 83.1 Å². The highest BCUT2D eigenvalue weighted by molar-refractivity contribution is 6.13. The van der Waals surface area contributed by atoms with Crippen LogP contribution in [0, 0.1) is 30.0 Å². The van der Waals surface area contributed by atoms with E-state index in [2.05, 4.69) is 15.2 Å². The van der Waals surface area contributed by atoms with Gasteiger partial charge < -0.3 is 15.6 Å². The van der Waals surface area contributed by atoms with E-state index in [1.54, 1.807) is 31.5 Å². The molecule has 1 aromatic heterocycles. The van der Waals surface area contributed by atoms with Gasteiger partial charge in [-0.1, -0.05) is 12.5 Å². The van der Waals surface area contributed by atoms with Gasteiger partial charge in [-0.15, -0.1) is 0 Å². The average Bonchev–Trinajstić information content (AvgIpc) is 2.94. The minimum atomic E-state index is -0.245. The van der Waals surface area contributed by atoms with Gasteiger partial charge in [-0.05, 0) is 105 Å². The highest BCUT2D eigenvalue weighted by atomic mass is 19.1. The molecule has 1 atom stereocenters. The van der Waals surface area contributed by atoms with Gasteiger partial charge >= 0.3 is 0 Å². The molecule has 5 heterocycles. The number of piperidine rings is 3. The zero-order chi connectivity index (χ0) is 25.8. The van der Waals surface area contributed by atoms with E-state index in [9.17, 15) is 9.18 Å². The van der Waals surface area contributed by atoms with Gasteiger partial charge in [0.15, 0.2) is 5.78 Å². The number of unbranched alkanes of at least 4 members (excludes halogenated alkanes) is 1. The Kier molecular flexibility index (Phi) is 7.75. The number of ketones is 1. The SMILES string of the molecule is Cc1cc(-c2ncccc2C2=C/C(=C(/C=N)C(=O)CCCCC3CN4CCC3CC4)NC=C2)ccc1F. The van der Waals surface area contributed by atoms with Crippen molar-refractivity contribution in [3.63, 3.8) is 0 Å². The maximum atomic E-state index is 13.9. The second kappa shape index (κ2) is 11.3. The number of carbonyl (C=O) groups is 1. The van der Waals surface area contributed by atoms with Gasteiger partial charge in [-0.3, -0.25) is 9.78 Å². The molecule has 0 amide bonds. The number of dihydropyridines is 1. The molecule has 3 fully saturated rings. The lowest BCUT2D eigenvalue weighted by Crippen LogP contribution is -2.47. The Morgan fingerprint density at radius 2 is 2.08 bits per heavy atom. The van der Waals surface area contributed by atoms with E-state index in [0.29, 0.717) is 23.3 Å². The van der Waals surface area contributed by atoms with E-state index >= 15 is 0 Å². The Labute approximate surface area is 218 Å². The van der Waals surface area contributed by atoms with E-state index in [-0.39, 0.29) is 11.6 Å². The summed E-state index contributed by atoms with van der Waals surface area (Å²) in [5.41, 5.74) is 4.94. The minimum absolute atomic E-state index is 0.00196. The van der Waals surface area contributed by atoms with Crippen LogP contribution in [0.15, 0.2) is 66.2 Å². The number of pyridine rings is 1. The van der Waals surface area contributed by atoms with E-state index in [4.69, 9.17) is 5.41 Å². The van der Waals surface area contributed by atoms with Crippen LogP contribution in [-0.4, -0.2) is 41.5 Å². The van der Waals surface area contributed by atoms with E-state index in [1.807, 2.05) is 24.3 Å². The van der Waals surface area contributed by atoms with Gasteiger partial charge in [0.2, 0.25) is 0 Å². The van der Waals surface area contributed by atoms with Crippen LogP contribution in [0.4, 0.5) is 4.39 Å². The van der Waals surface area contributed by atoms with Gasteiger partial charge in [0, 0.05) is 42.7 Å². The maximum Gasteiger partial charge on any atom is 0.166 e. The van der Waals surface area contributed by atoms with Gasteiger partial charge in [-0.2, -0.15) is 0 Å². The van der Waals surface area contributed by atoms with Crippen molar-refractivity contribution >= 4 is 17.6 Å². The van der Waals surface area contributed by atoms with Crippen LogP contribution < -0.4 is 5.32 Å². The minimum Gasteiger partial charge on any atom is -0.361 e. The van der Waals surface area contributed by atoms with Crippen molar-refractivity contribution in [2.75, 3.05) is 19.6 Å². The van der Waals surface area contributed by atoms with Crippen molar-refractivity contribution in [1.82, 2.24) is 15.2 Å². The molecule has 2 bridgehead atoms. The van der Waals surface area contributed by atoms with Crippen LogP contribution in [0.5, 0.6) is 0 Å². The van der Waals surface area contributed by atoms with E-state index < -0.39 is 0 Å². The van der Waals surface area contributed by atoms with Crippen LogP contribution >= 0.6 is 0 Å². The van der Waals surface area contributed by atoms with E-state index in [1.165, 1.54) is 51.2 Å². The predicted octanol–water partition coefficient (Wildman–Crippen LogP) is 6.07. The van der Waals surface area contributed by atoms with Gasteiger partial charge in [0.05, 0.1) is 17.0 Å². The third kappa shape index (κ3) is 5.64. The zero-order valence-corrected chi connectivity index (χ0v) is 21.5. The van der Waals surface area contributed by atoms with Crippen LogP contribution in [0.1, 0.15) is 49.7 Å². The van der Waals surface area contributed by atoms with Gasteiger partial charge in [0.25, 0.3) is 0 Å². The first-order valence-corrected chi connectivity index (χ1v) is 13.4. The summed E-state index contributed by atoms with van der Waals surface area (Å²) in [6.07, 6.45) is 14.8. The van der Waals surface area contributed by atoms with E-state index in [0.717, 1.165) is 47.1 Å². The second-order valence-corrected chi connectivity index (χ2v) is 10.5. The first kappa shape index (κ1) is 25.3. The Morgan fingerprint density at radius 3 is 2.81 bits per heavy atom. The second-order valence-electron chi connectivity index (χ2n) is 10.5. The number of nitrogens with zero attached hydrogens (tertiary/aromatic N) is 2. The Hall–Kier alpha value is -3.38. The summed E-state index contributed by atoms with van der Waals surface area (Å²) in [5, 5.41) is 11.1. The number of hydrogen-bond acceptors (Lipinski definition) is 5. The molecule has 2 aromatic rings. The largest absolute Gasteiger partial charge is 0.361 e. The third-order valence-electron chi connectivity index (χ3n) is 8.11. The molecule has 0 radical (unpaired) electrons. The number of fused-ring (bicyclic) bond motifs is 3. The molecule has 2 N–H and O–H groups in total. The number of aromatic nitrogens is 1. The molecule has 5 nitrogen and oxygen atoms in total. The lowest BCUT2D eigenvalue weighted by atomic mass is 9.76. The Morgan fingerprint density at radius 1 is 1.24 bits per heavy atom. The molecule has 6 heteroatoms. The highest BCUT2D eigenvalue weighted by Crippen LogP contribution is 2.35. The fourth-order valence-electron chi connectivity index (χ4n) is 6.00. The molecule has 37 heavy (non-hydrogen) atoms. The van der Waals surface area contributed by atoms with Crippen LogP contribution in [-0.2, 0) is 4.79 Å².